The Morgan fingerprint density at radius 2 is 1.70 bits per heavy atom. The molecular weight excluding hydrogens is 596 g/mol. The number of nitrogens with one attached hydrogen (secondary N) is 2. The van der Waals surface area contributed by atoms with Crippen LogP contribution in [0.15, 0.2) is 24.3 Å². The number of rotatable bonds is 18. The Hall–Kier alpha value is -3.87. The van der Waals surface area contributed by atoms with Crippen molar-refractivity contribution in [3.8, 4) is 0 Å². The molecule has 1 saturated heterocycles. The first-order valence-corrected chi connectivity index (χ1v) is 17.7. The van der Waals surface area contributed by atoms with Gasteiger partial charge in [-0.2, -0.15) is 4.98 Å². The van der Waals surface area contributed by atoms with Crippen molar-refractivity contribution in [2.24, 2.45) is 11.7 Å². The van der Waals surface area contributed by atoms with Crippen LogP contribution in [-0.4, -0.2) is 77.2 Å². The van der Waals surface area contributed by atoms with Crippen LogP contribution < -0.4 is 16.4 Å². The number of nitrogens with two attached hydrogens (primary N) is 1. The lowest BCUT2D eigenvalue weighted by atomic mass is 9.85. The van der Waals surface area contributed by atoms with Gasteiger partial charge in [0.2, 0.25) is 11.9 Å². The molecule has 1 amide bonds. The number of benzene rings is 1. The number of carbonyl (C=O) groups is 2. The molecule has 0 bridgehead atoms. The molecule has 2 aromatic heterocycles. The van der Waals surface area contributed by atoms with Crippen molar-refractivity contribution in [1.29, 1.82) is 0 Å². The normalized spacial score (nSPS) is 16.7. The van der Waals surface area contributed by atoms with E-state index in [0.717, 1.165) is 54.3 Å². The fourth-order valence-corrected chi connectivity index (χ4v) is 6.85. The van der Waals surface area contributed by atoms with E-state index in [-0.39, 0.29) is 24.8 Å². The van der Waals surface area contributed by atoms with Crippen molar-refractivity contribution in [3.05, 3.63) is 30.1 Å². The van der Waals surface area contributed by atoms with Crippen LogP contribution in [0.4, 0.5) is 11.8 Å². The van der Waals surface area contributed by atoms with Gasteiger partial charge in [-0.15, -0.1) is 5.10 Å². The number of aryl methyl sites for hydroxylation is 1. The Morgan fingerprint density at radius 3 is 2.49 bits per heavy atom. The van der Waals surface area contributed by atoms with E-state index in [1.54, 1.807) is 4.90 Å². The second-order valence-electron chi connectivity index (χ2n) is 13.3. The highest BCUT2D eigenvalue weighted by atomic mass is 16.4. The number of amides is 1. The van der Waals surface area contributed by atoms with Crippen LogP contribution >= 0.6 is 0 Å². The largest absolute Gasteiger partial charge is 0.480 e. The number of aromatic nitrogens is 6. The first kappa shape index (κ1) is 34.5. The second-order valence-corrected chi connectivity index (χ2v) is 13.3. The Balaban J connectivity index is 1.06. The minimum absolute atomic E-state index is 0.0542. The van der Waals surface area contributed by atoms with Gasteiger partial charge in [0, 0.05) is 37.5 Å². The molecule has 1 aromatic carbocycles. The van der Waals surface area contributed by atoms with Crippen LogP contribution in [0.1, 0.15) is 109 Å². The molecule has 5 rings (SSSR count). The summed E-state index contributed by atoms with van der Waals surface area (Å²) in [4.78, 5) is 34.9. The molecule has 3 aromatic rings. The monoisotopic (exact) mass is 648 g/mol. The van der Waals surface area contributed by atoms with Crippen LogP contribution in [0.5, 0.6) is 0 Å². The summed E-state index contributed by atoms with van der Waals surface area (Å²) in [5.74, 6) is 1.85. The zero-order valence-electron chi connectivity index (χ0n) is 27.7. The number of tetrazole rings is 1. The lowest BCUT2D eigenvalue weighted by molar-refractivity contribution is -0.139. The van der Waals surface area contributed by atoms with Gasteiger partial charge in [-0.3, -0.25) is 9.59 Å². The molecule has 47 heavy (non-hydrogen) atoms. The van der Waals surface area contributed by atoms with Crippen molar-refractivity contribution >= 4 is 34.5 Å². The maximum Gasteiger partial charge on any atom is 0.320 e. The molecule has 1 saturated carbocycles. The van der Waals surface area contributed by atoms with E-state index in [1.165, 1.54) is 70.6 Å². The molecule has 13 nitrogen and oxygen atoms in total. The summed E-state index contributed by atoms with van der Waals surface area (Å²) in [5, 5.41) is 29.2. The third-order valence-electron chi connectivity index (χ3n) is 9.75. The van der Waals surface area contributed by atoms with Gasteiger partial charge in [0.1, 0.15) is 11.9 Å². The third-order valence-corrected chi connectivity index (χ3v) is 9.75. The van der Waals surface area contributed by atoms with E-state index in [9.17, 15) is 9.59 Å². The molecule has 2 fully saturated rings. The van der Waals surface area contributed by atoms with Gasteiger partial charge in [-0.25, -0.2) is 9.67 Å². The van der Waals surface area contributed by atoms with Crippen molar-refractivity contribution in [3.63, 3.8) is 0 Å². The van der Waals surface area contributed by atoms with Crippen LogP contribution in [0.2, 0.25) is 0 Å². The lowest BCUT2D eigenvalue weighted by Crippen LogP contribution is -2.43. The van der Waals surface area contributed by atoms with Crippen LogP contribution in [0, 0.1) is 5.92 Å². The number of anilines is 2. The highest BCUT2D eigenvalue weighted by Crippen LogP contribution is 2.28. The van der Waals surface area contributed by atoms with Gasteiger partial charge < -0.3 is 26.4 Å². The SMILES string of the molecule is N[C@@H](CCC(=O)N1CCC(Nc2nc(NCc3nnnn3CCCCCCCCC3CCCCC3)nc3ccccc23)CC1)C(=O)O. The third kappa shape index (κ3) is 10.6. The topological polar surface area (TPSA) is 177 Å². The standard InChI is InChI=1S/C34H52N10O3/c35-28(33(46)47)17-18-31(45)43-22-19-26(20-23-43)37-32-27-15-9-10-16-29(27)38-34(39-32)36-24-30-40-41-42-44(30)21-11-4-2-1-3-6-12-25-13-7-5-8-14-25/h9-10,15-16,25-26,28H,1-8,11-14,17-24,35H2,(H,46,47)(H2,36,37,38,39)/t28-/m0/s1. The van der Waals surface area contributed by atoms with Gasteiger partial charge in [0.05, 0.1) is 12.1 Å². The summed E-state index contributed by atoms with van der Waals surface area (Å²) in [6, 6.07) is 7.02. The van der Waals surface area contributed by atoms with Gasteiger partial charge >= 0.3 is 5.97 Å². The molecule has 0 spiro atoms. The molecule has 5 N–H and O–H groups in total. The summed E-state index contributed by atoms with van der Waals surface area (Å²) >= 11 is 0. The number of hydrogen-bond acceptors (Lipinski definition) is 10. The average molecular weight is 649 g/mol. The molecule has 2 aliphatic rings. The fraction of sp³-hybridized carbons (Fsp3) is 0.676. The molecule has 0 unspecified atom stereocenters. The molecule has 1 aliphatic heterocycles. The van der Waals surface area contributed by atoms with E-state index >= 15 is 0 Å². The number of nitrogens with zero attached hydrogens (tertiary/aromatic N) is 7. The number of hydrogen-bond donors (Lipinski definition) is 4. The molecule has 0 radical (unpaired) electrons. The number of carboxylic acid groups (broad SMARTS) is 1. The number of aliphatic carboxylic acids is 1. The fourth-order valence-electron chi connectivity index (χ4n) is 6.85. The van der Waals surface area contributed by atoms with Gasteiger partial charge in [0.25, 0.3) is 0 Å². The number of para-hydroxylation sites is 1. The van der Waals surface area contributed by atoms with E-state index < -0.39 is 12.0 Å². The smallest absolute Gasteiger partial charge is 0.320 e. The zero-order chi connectivity index (χ0) is 32.8. The number of carbonyl (C=O) groups excluding carboxylic acids is 1. The number of likely N-dealkylation sites (tertiary alicyclic amines) is 1. The van der Waals surface area contributed by atoms with Gasteiger partial charge in [-0.05, 0) is 54.2 Å². The average Bonchev–Trinajstić information content (AvgIpc) is 3.55. The Kier molecular flexibility index (Phi) is 13.1. The predicted octanol–water partition coefficient (Wildman–Crippen LogP) is 5.13. The van der Waals surface area contributed by atoms with E-state index in [2.05, 4.69) is 26.2 Å². The number of fused-ring (bicyclic) bond motifs is 1. The van der Waals surface area contributed by atoms with Crippen molar-refractivity contribution in [2.45, 2.75) is 128 Å². The van der Waals surface area contributed by atoms with Crippen molar-refractivity contribution < 1.29 is 14.7 Å². The Morgan fingerprint density at radius 1 is 0.957 bits per heavy atom. The Bertz CT molecular complexity index is 1420. The number of carboxylic acids is 1. The van der Waals surface area contributed by atoms with Crippen LogP contribution in [-0.2, 0) is 22.7 Å². The van der Waals surface area contributed by atoms with Crippen molar-refractivity contribution in [2.75, 3.05) is 23.7 Å². The molecular formula is C34H52N10O3. The highest BCUT2D eigenvalue weighted by Gasteiger charge is 2.25. The summed E-state index contributed by atoms with van der Waals surface area (Å²) in [7, 11) is 0. The number of unbranched alkanes of at least 4 members (excludes halogenated alkanes) is 5. The van der Waals surface area contributed by atoms with Crippen molar-refractivity contribution in [1.82, 2.24) is 35.1 Å². The number of piperidine rings is 1. The lowest BCUT2D eigenvalue weighted by Gasteiger charge is -2.33. The van der Waals surface area contributed by atoms with E-state index in [1.807, 2.05) is 28.9 Å². The summed E-state index contributed by atoms with van der Waals surface area (Å²) < 4.78 is 1.88. The molecule has 1 aliphatic carbocycles. The zero-order valence-corrected chi connectivity index (χ0v) is 27.7. The van der Waals surface area contributed by atoms with Gasteiger partial charge in [0.15, 0.2) is 5.82 Å². The maximum absolute atomic E-state index is 12.6. The minimum Gasteiger partial charge on any atom is -0.480 e. The first-order valence-electron chi connectivity index (χ1n) is 17.7. The first-order chi connectivity index (χ1) is 23.0. The van der Waals surface area contributed by atoms with Crippen LogP contribution in [0.25, 0.3) is 10.9 Å². The summed E-state index contributed by atoms with van der Waals surface area (Å²) in [5.41, 5.74) is 6.39. The minimum atomic E-state index is -1.08. The maximum atomic E-state index is 12.6. The van der Waals surface area contributed by atoms with Gasteiger partial charge in [-0.1, -0.05) is 82.8 Å². The second kappa shape index (κ2) is 17.9. The van der Waals surface area contributed by atoms with Crippen LogP contribution in [0.3, 0.4) is 0 Å². The Labute approximate surface area is 277 Å². The summed E-state index contributed by atoms with van der Waals surface area (Å²) in [6.07, 6.45) is 18.0. The predicted molar refractivity (Wildman–Crippen MR) is 182 cm³/mol. The molecule has 256 valence electrons. The van der Waals surface area contributed by atoms with E-state index in [0.29, 0.717) is 25.6 Å². The molecule has 13 heteroatoms. The molecule has 1 atom stereocenters. The quantitative estimate of drug-likeness (QED) is 0.134. The highest BCUT2D eigenvalue weighted by molar-refractivity contribution is 5.90. The molecule has 3 heterocycles. The summed E-state index contributed by atoms with van der Waals surface area (Å²) in [6.45, 7) is 2.40. The van der Waals surface area contributed by atoms with E-state index in [4.69, 9.17) is 20.8 Å².